The largest absolute Gasteiger partial charge is 0.312 e. The fraction of sp³-hybridized carbons (Fsp3) is 0.455. The molecule has 0 spiro atoms. The summed E-state index contributed by atoms with van der Waals surface area (Å²) in [4.78, 5) is 8.50. The smallest absolute Gasteiger partial charge is 0.187 e. The van der Waals surface area contributed by atoms with E-state index in [0.29, 0.717) is 5.25 Å². The maximum absolute atomic E-state index is 4.25. The number of aryl methyl sites for hydroxylation is 1. The van der Waals surface area contributed by atoms with Gasteiger partial charge in [-0.1, -0.05) is 24.8 Å². The standard InChI is InChI=1S/C11H17N3S/c1-4-5-12-8-10(3)15-11-13-6-9(2)7-14-11/h4,6-7,10,12H,1,5,8H2,2-3H3. The van der Waals surface area contributed by atoms with Gasteiger partial charge in [0.25, 0.3) is 0 Å². The number of nitrogens with one attached hydrogen (secondary N) is 1. The minimum atomic E-state index is 0.465. The van der Waals surface area contributed by atoms with Crippen LogP contribution in [0.15, 0.2) is 30.2 Å². The van der Waals surface area contributed by atoms with Crippen molar-refractivity contribution in [2.45, 2.75) is 24.3 Å². The zero-order chi connectivity index (χ0) is 11.1. The van der Waals surface area contributed by atoms with Crippen molar-refractivity contribution in [3.63, 3.8) is 0 Å². The number of hydrogen-bond acceptors (Lipinski definition) is 4. The molecule has 0 saturated heterocycles. The van der Waals surface area contributed by atoms with E-state index in [1.807, 2.05) is 25.4 Å². The van der Waals surface area contributed by atoms with Crippen LogP contribution in [0.4, 0.5) is 0 Å². The number of aromatic nitrogens is 2. The van der Waals surface area contributed by atoms with E-state index in [1.165, 1.54) is 0 Å². The van der Waals surface area contributed by atoms with E-state index >= 15 is 0 Å². The van der Waals surface area contributed by atoms with Crippen LogP contribution in [-0.4, -0.2) is 28.3 Å². The van der Waals surface area contributed by atoms with E-state index in [4.69, 9.17) is 0 Å². The second kappa shape index (κ2) is 6.58. The van der Waals surface area contributed by atoms with Gasteiger partial charge in [0.05, 0.1) is 0 Å². The summed E-state index contributed by atoms with van der Waals surface area (Å²) in [6.45, 7) is 9.59. The van der Waals surface area contributed by atoms with Crippen molar-refractivity contribution in [2.24, 2.45) is 0 Å². The Hall–Kier alpha value is -0.870. The van der Waals surface area contributed by atoms with Gasteiger partial charge in [-0.05, 0) is 12.5 Å². The highest BCUT2D eigenvalue weighted by Crippen LogP contribution is 2.17. The molecular formula is C11H17N3S. The molecular weight excluding hydrogens is 206 g/mol. The van der Waals surface area contributed by atoms with Crippen molar-refractivity contribution >= 4 is 11.8 Å². The van der Waals surface area contributed by atoms with Gasteiger partial charge in [-0.2, -0.15) is 0 Å². The quantitative estimate of drug-likeness (QED) is 0.347. The minimum Gasteiger partial charge on any atom is -0.312 e. The molecule has 0 radical (unpaired) electrons. The molecule has 15 heavy (non-hydrogen) atoms. The van der Waals surface area contributed by atoms with Gasteiger partial charge in [-0.15, -0.1) is 6.58 Å². The molecule has 3 nitrogen and oxygen atoms in total. The van der Waals surface area contributed by atoms with Gasteiger partial charge in [0.15, 0.2) is 5.16 Å². The maximum Gasteiger partial charge on any atom is 0.187 e. The van der Waals surface area contributed by atoms with Crippen molar-refractivity contribution in [1.29, 1.82) is 0 Å². The van der Waals surface area contributed by atoms with E-state index in [9.17, 15) is 0 Å². The molecule has 1 unspecified atom stereocenters. The highest BCUT2D eigenvalue weighted by molar-refractivity contribution is 7.99. The van der Waals surface area contributed by atoms with E-state index in [0.717, 1.165) is 23.8 Å². The Kier molecular flexibility index (Phi) is 5.36. The summed E-state index contributed by atoms with van der Waals surface area (Å²) in [6, 6.07) is 0. The van der Waals surface area contributed by atoms with Crippen LogP contribution < -0.4 is 5.32 Å². The van der Waals surface area contributed by atoms with Crippen LogP contribution in [0.3, 0.4) is 0 Å². The van der Waals surface area contributed by atoms with Crippen molar-refractivity contribution in [3.8, 4) is 0 Å². The topological polar surface area (TPSA) is 37.8 Å². The molecule has 0 aliphatic rings. The zero-order valence-electron chi connectivity index (χ0n) is 9.23. The third-order valence-corrected chi connectivity index (χ3v) is 2.77. The highest BCUT2D eigenvalue weighted by atomic mass is 32.2. The molecule has 0 aromatic carbocycles. The average Bonchev–Trinajstić information content (AvgIpc) is 2.22. The fourth-order valence-electron chi connectivity index (χ4n) is 1.05. The lowest BCUT2D eigenvalue weighted by atomic mass is 10.4. The summed E-state index contributed by atoms with van der Waals surface area (Å²) in [5.41, 5.74) is 1.09. The average molecular weight is 223 g/mol. The Morgan fingerprint density at radius 3 is 2.80 bits per heavy atom. The molecule has 0 saturated carbocycles. The SMILES string of the molecule is C=CCNCC(C)Sc1ncc(C)cn1. The van der Waals surface area contributed by atoms with Gasteiger partial charge in [-0.3, -0.25) is 0 Å². The first-order valence-corrected chi connectivity index (χ1v) is 5.87. The third-order valence-electron chi connectivity index (χ3n) is 1.78. The summed E-state index contributed by atoms with van der Waals surface area (Å²) >= 11 is 1.68. The Morgan fingerprint density at radius 1 is 1.53 bits per heavy atom. The Morgan fingerprint density at radius 2 is 2.20 bits per heavy atom. The summed E-state index contributed by atoms with van der Waals surface area (Å²) in [6.07, 6.45) is 5.55. The second-order valence-electron chi connectivity index (χ2n) is 3.42. The van der Waals surface area contributed by atoms with E-state index < -0.39 is 0 Å². The summed E-state index contributed by atoms with van der Waals surface area (Å²) < 4.78 is 0. The Bertz CT molecular complexity index is 297. The maximum atomic E-state index is 4.25. The van der Waals surface area contributed by atoms with Crippen LogP contribution in [0.25, 0.3) is 0 Å². The van der Waals surface area contributed by atoms with E-state index in [-0.39, 0.29) is 0 Å². The van der Waals surface area contributed by atoms with Gasteiger partial charge >= 0.3 is 0 Å². The van der Waals surface area contributed by atoms with Crippen molar-refractivity contribution in [1.82, 2.24) is 15.3 Å². The van der Waals surface area contributed by atoms with Crippen LogP contribution >= 0.6 is 11.8 Å². The van der Waals surface area contributed by atoms with E-state index in [2.05, 4.69) is 28.8 Å². The molecule has 1 aromatic rings. The molecule has 1 aromatic heterocycles. The summed E-state index contributed by atoms with van der Waals surface area (Å²) in [5, 5.41) is 4.58. The first-order valence-electron chi connectivity index (χ1n) is 4.99. The molecule has 0 fully saturated rings. The molecule has 1 heterocycles. The molecule has 0 aliphatic heterocycles. The second-order valence-corrected chi connectivity index (χ2v) is 4.82. The molecule has 82 valence electrons. The van der Waals surface area contributed by atoms with Crippen LogP contribution in [0, 0.1) is 6.92 Å². The highest BCUT2D eigenvalue weighted by Gasteiger charge is 2.05. The minimum absolute atomic E-state index is 0.465. The van der Waals surface area contributed by atoms with E-state index in [1.54, 1.807) is 11.8 Å². The normalized spacial score (nSPS) is 12.4. The molecule has 4 heteroatoms. The van der Waals surface area contributed by atoms with Crippen molar-refractivity contribution in [3.05, 3.63) is 30.6 Å². The van der Waals surface area contributed by atoms with Crippen LogP contribution in [-0.2, 0) is 0 Å². The van der Waals surface area contributed by atoms with Gasteiger partial charge in [0, 0.05) is 30.7 Å². The number of hydrogen-bond donors (Lipinski definition) is 1. The van der Waals surface area contributed by atoms with Gasteiger partial charge in [-0.25, -0.2) is 9.97 Å². The molecule has 1 atom stereocenters. The third kappa shape index (κ3) is 4.95. The predicted molar refractivity (Wildman–Crippen MR) is 65.2 cm³/mol. The van der Waals surface area contributed by atoms with Gasteiger partial charge < -0.3 is 5.32 Å². The van der Waals surface area contributed by atoms with Gasteiger partial charge in [0.2, 0.25) is 0 Å². The molecule has 0 aliphatic carbocycles. The monoisotopic (exact) mass is 223 g/mol. The summed E-state index contributed by atoms with van der Waals surface area (Å²) in [5.74, 6) is 0. The first-order chi connectivity index (χ1) is 7.22. The Labute approximate surface area is 95.4 Å². The van der Waals surface area contributed by atoms with Crippen molar-refractivity contribution < 1.29 is 0 Å². The molecule has 0 amide bonds. The number of rotatable bonds is 6. The molecule has 1 rings (SSSR count). The van der Waals surface area contributed by atoms with Crippen LogP contribution in [0.5, 0.6) is 0 Å². The predicted octanol–water partition coefficient (Wildman–Crippen LogP) is 2.04. The molecule has 0 bridgehead atoms. The van der Waals surface area contributed by atoms with Crippen molar-refractivity contribution in [2.75, 3.05) is 13.1 Å². The lowest BCUT2D eigenvalue weighted by molar-refractivity contribution is 0.738. The van der Waals surface area contributed by atoms with Crippen LogP contribution in [0.1, 0.15) is 12.5 Å². The van der Waals surface area contributed by atoms with Crippen LogP contribution in [0.2, 0.25) is 0 Å². The lowest BCUT2D eigenvalue weighted by Gasteiger charge is -2.09. The zero-order valence-corrected chi connectivity index (χ0v) is 10.0. The Balaban J connectivity index is 2.34. The first kappa shape index (κ1) is 12.2. The lowest BCUT2D eigenvalue weighted by Crippen LogP contribution is -2.22. The number of nitrogens with zero attached hydrogens (tertiary/aromatic N) is 2. The van der Waals surface area contributed by atoms with Gasteiger partial charge in [0.1, 0.15) is 0 Å². The number of thioether (sulfide) groups is 1. The molecule has 1 N–H and O–H groups in total. The summed E-state index contributed by atoms with van der Waals surface area (Å²) in [7, 11) is 0. The fourth-order valence-corrected chi connectivity index (χ4v) is 1.84.